The summed E-state index contributed by atoms with van der Waals surface area (Å²) in [5.74, 6) is 0.805. The monoisotopic (exact) mass is 465 g/mol. The van der Waals surface area contributed by atoms with Gasteiger partial charge in [0.25, 0.3) is 0 Å². The average Bonchev–Trinajstić information content (AvgIpc) is 3.31. The van der Waals surface area contributed by atoms with E-state index in [0.29, 0.717) is 34.8 Å². The number of hydrogen-bond donors (Lipinski definition) is 2. The average molecular weight is 466 g/mol. The number of aromatic nitrogens is 1. The second kappa shape index (κ2) is 9.93. The molecule has 0 bridgehead atoms. The summed E-state index contributed by atoms with van der Waals surface area (Å²) in [7, 11) is 0. The molecule has 0 fully saturated rings. The van der Waals surface area contributed by atoms with Gasteiger partial charge in [0.1, 0.15) is 5.75 Å². The van der Waals surface area contributed by atoms with Crippen LogP contribution < -0.4 is 10.1 Å². The molecule has 1 aromatic heterocycles. The highest BCUT2D eigenvalue weighted by Crippen LogP contribution is 2.35. The number of rotatable bonds is 8. The normalized spacial score (nSPS) is 13.3. The molecule has 0 radical (unpaired) electrons. The molecule has 8 heteroatoms. The zero-order valence-electron chi connectivity index (χ0n) is 17.6. The van der Waals surface area contributed by atoms with Crippen molar-refractivity contribution in [1.29, 1.82) is 0 Å². The first-order valence-corrected chi connectivity index (χ1v) is 11.6. The molecule has 0 saturated carbocycles. The van der Waals surface area contributed by atoms with Gasteiger partial charge in [0.2, 0.25) is 11.8 Å². The summed E-state index contributed by atoms with van der Waals surface area (Å²) in [6, 6.07) is 15.1. The van der Waals surface area contributed by atoms with Crippen molar-refractivity contribution >= 4 is 58.7 Å². The van der Waals surface area contributed by atoms with E-state index in [4.69, 9.17) is 17.0 Å². The molecule has 164 valence electrons. The fourth-order valence-corrected chi connectivity index (χ4v) is 4.73. The smallest absolute Gasteiger partial charge is 0.224 e. The van der Waals surface area contributed by atoms with Gasteiger partial charge in [0.15, 0.2) is 3.95 Å². The Morgan fingerprint density at radius 2 is 2.03 bits per heavy atom. The van der Waals surface area contributed by atoms with E-state index < -0.39 is 0 Å². The maximum Gasteiger partial charge on any atom is 0.224 e. The number of aliphatic imine (C=N–C) groups is 1. The zero-order valence-corrected chi connectivity index (χ0v) is 19.2. The molecule has 1 aliphatic rings. The molecule has 3 aromatic rings. The molecular weight excluding hydrogens is 442 g/mol. The SMILES string of the molecule is CCOc1ccc(NC(=O)CCCn2c(O)c(/C=C3\C=Nc4ccccc43)sc2=S)cc1. The summed E-state index contributed by atoms with van der Waals surface area (Å²) >= 11 is 6.79. The van der Waals surface area contributed by atoms with Crippen LogP contribution in [0.2, 0.25) is 0 Å². The molecule has 0 saturated heterocycles. The molecule has 0 aliphatic carbocycles. The predicted molar refractivity (Wildman–Crippen MR) is 133 cm³/mol. The maximum atomic E-state index is 12.3. The second-order valence-corrected chi connectivity index (χ2v) is 8.87. The predicted octanol–water partition coefficient (Wildman–Crippen LogP) is 6.06. The van der Waals surface area contributed by atoms with Crippen LogP contribution in [0.5, 0.6) is 11.6 Å². The number of nitrogens with zero attached hydrogens (tertiary/aromatic N) is 2. The van der Waals surface area contributed by atoms with E-state index in [1.807, 2.05) is 61.5 Å². The molecule has 32 heavy (non-hydrogen) atoms. The molecular formula is C24H23N3O3S2. The first kappa shape index (κ1) is 22.0. The number of ether oxygens (including phenoxy) is 1. The van der Waals surface area contributed by atoms with Crippen LogP contribution in [-0.4, -0.2) is 28.4 Å². The van der Waals surface area contributed by atoms with Crippen LogP contribution in [0.1, 0.15) is 30.2 Å². The number of carbonyl (C=O) groups is 1. The molecule has 4 rings (SSSR count). The Morgan fingerprint density at radius 1 is 1.25 bits per heavy atom. The van der Waals surface area contributed by atoms with Crippen LogP contribution in [0.4, 0.5) is 11.4 Å². The minimum atomic E-state index is -0.0866. The summed E-state index contributed by atoms with van der Waals surface area (Å²) in [4.78, 5) is 17.4. The highest BCUT2D eigenvalue weighted by atomic mass is 32.1. The third kappa shape index (κ3) is 4.98. The summed E-state index contributed by atoms with van der Waals surface area (Å²) in [5, 5.41) is 13.6. The van der Waals surface area contributed by atoms with Crippen molar-refractivity contribution < 1.29 is 14.6 Å². The van der Waals surface area contributed by atoms with Gasteiger partial charge in [-0.1, -0.05) is 18.2 Å². The van der Waals surface area contributed by atoms with E-state index in [1.165, 1.54) is 11.3 Å². The van der Waals surface area contributed by atoms with Gasteiger partial charge in [-0.25, -0.2) is 0 Å². The molecule has 0 spiro atoms. The van der Waals surface area contributed by atoms with E-state index in [0.717, 1.165) is 28.3 Å². The third-order valence-corrected chi connectivity index (χ3v) is 6.36. The minimum Gasteiger partial charge on any atom is -0.494 e. The number of nitrogens with one attached hydrogen (secondary N) is 1. The van der Waals surface area contributed by atoms with E-state index in [1.54, 1.807) is 10.8 Å². The minimum absolute atomic E-state index is 0.0866. The first-order chi connectivity index (χ1) is 15.5. The Balaban J connectivity index is 1.36. The number of allylic oxidation sites excluding steroid dienone is 1. The summed E-state index contributed by atoms with van der Waals surface area (Å²) < 4.78 is 7.65. The highest BCUT2D eigenvalue weighted by Gasteiger charge is 2.15. The largest absolute Gasteiger partial charge is 0.494 e. The third-order valence-electron chi connectivity index (χ3n) is 4.97. The lowest BCUT2D eigenvalue weighted by Crippen LogP contribution is -2.12. The number of hydrogen-bond acceptors (Lipinski definition) is 6. The van der Waals surface area contributed by atoms with Crippen molar-refractivity contribution in [2.75, 3.05) is 11.9 Å². The van der Waals surface area contributed by atoms with Gasteiger partial charge in [0, 0.05) is 36.0 Å². The topological polar surface area (TPSA) is 75.8 Å². The van der Waals surface area contributed by atoms with Crippen LogP contribution in [-0.2, 0) is 11.3 Å². The number of aromatic hydroxyl groups is 1. The molecule has 0 unspecified atom stereocenters. The number of amides is 1. The van der Waals surface area contributed by atoms with Gasteiger partial charge in [-0.2, -0.15) is 0 Å². The Bertz CT molecular complexity index is 1240. The molecule has 2 heterocycles. The van der Waals surface area contributed by atoms with Crippen molar-refractivity contribution in [2.24, 2.45) is 4.99 Å². The number of anilines is 1. The van der Waals surface area contributed by atoms with E-state index in [-0.39, 0.29) is 11.8 Å². The molecule has 2 N–H and O–H groups in total. The standard InChI is InChI=1S/C24H23N3O3S2/c1-2-30-18-11-9-17(10-12-18)26-22(28)8-5-13-27-23(29)21(32-24(27)31)14-16-15-25-20-7-4-3-6-19(16)20/h3-4,6-7,9-12,14-15,29H,2,5,8,13H2,1H3,(H,26,28)/b16-14+. The summed E-state index contributed by atoms with van der Waals surface area (Å²) in [5.41, 5.74) is 3.61. The van der Waals surface area contributed by atoms with E-state index in [9.17, 15) is 9.90 Å². The Kier molecular flexibility index (Phi) is 6.82. The highest BCUT2D eigenvalue weighted by molar-refractivity contribution is 7.73. The van der Waals surface area contributed by atoms with Crippen molar-refractivity contribution in [3.05, 3.63) is 62.9 Å². The summed E-state index contributed by atoms with van der Waals surface area (Å²) in [6.45, 7) is 2.99. The number of fused-ring (bicyclic) bond motifs is 1. The number of para-hydroxylation sites is 1. The number of carbonyl (C=O) groups excluding carboxylic acids is 1. The van der Waals surface area contributed by atoms with Crippen LogP contribution in [0.25, 0.3) is 11.6 Å². The Labute approximate surface area is 195 Å². The lowest BCUT2D eigenvalue weighted by molar-refractivity contribution is -0.116. The molecule has 2 aromatic carbocycles. The Hall–Kier alpha value is -3.23. The van der Waals surface area contributed by atoms with E-state index >= 15 is 0 Å². The Morgan fingerprint density at radius 3 is 2.81 bits per heavy atom. The van der Waals surface area contributed by atoms with Gasteiger partial charge in [0.05, 0.1) is 17.2 Å². The second-order valence-electron chi connectivity index (χ2n) is 7.19. The lowest BCUT2D eigenvalue weighted by atomic mass is 10.1. The van der Waals surface area contributed by atoms with Gasteiger partial charge in [-0.15, -0.1) is 11.3 Å². The van der Waals surface area contributed by atoms with Crippen LogP contribution in [0.3, 0.4) is 0 Å². The fourth-order valence-electron chi connectivity index (χ4n) is 3.42. The van der Waals surface area contributed by atoms with Crippen LogP contribution in [0.15, 0.2) is 53.5 Å². The van der Waals surface area contributed by atoms with Gasteiger partial charge in [-0.3, -0.25) is 14.4 Å². The fraction of sp³-hybridized carbons (Fsp3) is 0.208. The lowest BCUT2D eigenvalue weighted by Gasteiger charge is -2.08. The molecule has 0 atom stereocenters. The maximum absolute atomic E-state index is 12.3. The van der Waals surface area contributed by atoms with E-state index in [2.05, 4.69) is 10.3 Å². The molecule has 1 aliphatic heterocycles. The van der Waals surface area contributed by atoms with Crippen molar-refractivity contribution in [3.63, 3.8) is 0 Å². The van der Waals surface area contributed by atoms with Crippen LogP contribution >= 0.6 is 23.6 Å². The van der Waals surface area contributed by atoms with Gasteiger partial charge >= 0.3 is 0 Å². The zero-order chi connectivity index (χ0) is 22.5. The van der Waals surface area contributed by atoms with Crippen molar-refractivity contribution in [2.45, 2.75) is 26.3 Å². The summed E-state index contributed by atoms with van der Waals surface area (Å²) in [6.07, 6.45) is 4.57. The first-order valence-electron chi connectivity index (χ1n) is 10.4. The number of thiazole rings is 1. The van der Waals surface area contributed by atoms with Crippen molar-refractivity contribution in [3.8, 4) is 11.6 Å². The molecule has 1 amide bonds. The van der Waals surface area contributed by atoms with Crippen molar-refractivity contribution in [1.82, 2.24) is 4.57 Å². The van der Waals surface area contributed by atoms with Gasteiger partial charge < -0.3 is 15.2 Å². The number of benzene rings is 2. The van der Waals surface area contributed by atoms with Crippen LogP contribution in [0, 0.1) is 3.95 Å². The molecule has 6 nitrogen and oxygen atoms in total. The van der Waals surface area contributed by atoms with Gasteiger partial charge in [-0.05, 0) is 62.0 Å². The quantitative estimate of drug-likeness (QED) is 0.397.